The van der Waals surface area contributed by atoms with E-state index >= 15 is 0 Å². The smallest absolute Gasteiger partial charge is 0.161 e. The molecule has 3 nitrogen and oxygen atoms in total. The summed E-state index contributed by atoms with van der Waals surface area (Å²) in [6, 6.07) is 4.15. The van der Waals surface area contributed by atoms with Crippen LogP contribution in [-0.4, -0.2) is 19.3 Å². The van der Waals surface area contributed by atoms with Crippen LogP contribution in [0.5, 0.6) is 11.5 Å². The highest BCUT2D eigenvalue weighted by Gasteiger charge is 2.50. The van der Waals surface area contributed by atoms with Gasteiger partial charge in [0.15, 0.2) is 11.5 Å². The van der Waals surface area contributed by atoms with Crippen LogP contribution in [0.2, 0.25) is 0 Å². The molecule has 4 saturated carbocycles. The van der Waals surface area contributed by atoms with Gasteiger partial charge in [-0.3, -0.25) is 0 Å². The number of halogens is 1. The lowest BCUT2D eigenvalue weighted by Gasteiger charge is -2.57. The molecule has 132 valence electrons. The molecule has 4 bridgehead atoms. The Morgan fingerprint density at radius 3 is 2.25 bits per heavy atom. The Kier molecular flexibility index (Phi) is 4.55. The third-order valence-electron chi connectivity index (χ3n) is 6.32. The van der Waals surface area contributed by atoms with Crippen molar-refractivity contribution in [3.8, 4) is 11.5 Å². The fourth-order valence-electron chi connectivity index (χ4n) is 5.75. The van der Waals surface area contributed by atoms with Gasteiger partial charge in [0.2, 0.25) is 0 Å². The second kappa shape index (κ2) is 6.53. The lowest BCUT2D eigenvalue weighted by molar-refractivity contribution is -0.0206. The number of hydrogen-bond acceptors (Lipinski definition) is 3. The summed E-state index contributed by atoms with van der Waals surface area (Å²) < 4.78 is 12.3. The number of rotatable bonds is 6. The van der Waals surface area contributed by atoms with Crippen LogP contribution in [0.15, 0.2) is 16.6 Å². The minimum Gasteiger partial charge on any atom is -0.493 e. The van der Waals surface area contributed by atoms with Crippen LogP contribution >= 0.6 is 15.9 Å². The maximum atomic E-state index is 5.75. The summed E-state index contributed by atoms with van der Waals surface area (Å²) >= 11 is 3.71. The molecule has 5 rings (SSSR count). The Hall–Kier alpha value is -0.740. The van der Waals surface area contributed by atoms with E-state index in [2.05, 4.69) is 27.3 Å². The van der Waals surface area contributed by atoms with Crippen LogP contribution in [-0.2, 0) is 6.54 Å². The molecule has 0 atom stereocenters. The number of benzene rings is 1. The van der Waals surface area contributed by atoms with Crippen molar-refractivity contribution in [3.05, 3.63) is 22.2 Å². The van der Waals surface area contributed by atoms with Crippen molar-refractivity contribution >= 4 is 15.9 Å². The summed E-state index contributed by atoms with van der Waals surface area (Å²) in [7, 11) is 1.69. The summed E-state index contributed by atoms with van der Waals surface area (Å²) in [5.74, 6) is 4.55. The zero-order chi connectivity index (χ0) is 16.7. The van der Waals surface area contributed by atoms with E-state index in [1.165, 1.54) is 44.1 Å². The van der Waals surface area contributed by atoms with Crippen LogP contribution < -0.4 is 14.8 Å². The largest absolute Gasteiger partial charge is 0.493 e. The number of nitrogens with one attached hydrogen (secondary N) is 1. The van der Waals surface area contributed by atoms with Gasteiger partial charge in [-0.2, -0.15) is 0 Å². The number of methoxy groups -OCH3 is 1. The SMILES string of the molecule is CCOc1cc(CNC23CC4CC(CC(C4)C2)C3)c(Br)cc1OC. The van der Waals surface area contributed by atoms with E-state index in [1.54, 1.807) is 7.11 Å². The fraction of sp³-hybridized carbons (Fsp3) is 0.700. The van der Waals surface area contributed by atoms with Gasteiger partial charge >= 0.3 is 0 Å². The molecule has 1 aromatic carbocycles. The standard InChI is InChI=1S/C20H28BrNO2/c1-3-24-19-7-16(17(21)8-18(19)23-2)12-22-20-9-13-4-14(10-20)6-15(5-13)11-20/h7-8,13-15,22H,3-6,9-12H2,1-2H3. The molecule has 1 N–H and O–H groups in total. The zero-order valence-corrected chi connectivity index (χ0v) is 16.3. The Labute approximate surface area is 153 Å². The van der Waals surface area contributed by atoms with Gasteiger partial charge in [0.25, 0.3) is 0 Å². The highest BCUT2D eigenvalue weighted by Crippen LogP contribution is 2.55. The predicted molar refractivity (Wildman–Crippen MR) is 99.6 cm³/mol. The second-order valence-electron chi connectivity index (χ2n) is 8.08. The van der Waals surface area contributed by atoms with Crippen molar-refractivity contribution in [1.82, 2.24) is 5.32 Å². The van der Waals surface area contributed by atoms with Gasteiger partial charge in [-0.25, -0.2) is 0 Å². The Morgan fingerprint density at radius 2 is 1.71 bits per heavy atom. The van der Waals surface area contributed by atoms with Crippen LogP contribution in [0.25, 0.3) is 0 Å². The van der Waals surface area contributed by atoms with Crippen LogP contribution in [0.3, 0.4) is 0 Å². The first-order valence-corrected chi connectivity index (χ1v) is 10.1. The topological polar surface area (TPSA) is 30.5 Å². The van der Waals surface area contributed by atoms with E-state index in [-0.39, 0.29) is 0 Å². The fourth-order valence-corrected chi connectivity index (χ4v) is 6.21. The summed E-state index contributed by atoms with van der Waals surface area (Å²) in [5, 5.41) is 3.96. The van der Waals surface area contributed by atoms with Gasteiger partial charge in [0.1, 0.15) is 0 Å². The minimum atomic E-state index is 0.389. The molecular formula is C20H28BrNO2. The average Bonchev–Trinajstić information content (AvgIpc) is 2.54. The quantitative estimate of drug-likeness (QED) is 0.743. The molecule has 4 fully saturated rings. The van der Waals surface area contributed by atoms with E-state index in [9.17, 15) is 0 Å². The monoisotopic (exact) mass is 393 g/mol. The van der Waals surface area contributed by atoms with Gasteiger partial charge in [0, 0.05) is 16.6 Å². The maximum Gasteiger partial charge on any atom is 0.161 e. The lowest BCUT2D eigenvalue weighted by atomic mass is 9.53. The minimum absolute atomic E-state index is 0.389. The first-order valence-electron chi connectivity index (χ1n) is 9.35. The van der Waals surface area contributed by atoms with Crippen LogP contribution in [0, 0.1) is 17.8 Å². The first-order chi connectivity index (χ1) is 11.6. The van der Waals surface area contributed by atoms with Gasteiger partial charge in [-0.15, -0.1) is 0 Å². The zero-order valence-electron chi connectivity index (χ0n) is 14.7. The highest BCUT2D eigenvalue weighted by molar-refractivity contribution is 9.10. The molecule has 0 aromatic heterocycles. The molecular weight excluding hydrogens is 366 g/mol. The second-order valence-corrected chi connectivity index (χ2v) is 8.93. The molecule has 0 spiro atoms. The average molecular weight is 394 g/mol. The molecule has 4 heteroatoms. The number of hydrogen-bond donors (Lipinski definition) is 1. The maximum absolute atomic E-state index is 5.75. The third kappa shape index (κ3) is 3.08. The molecule has 0 unspecified atom stereocenters. The van der Waals surface area contributed by atoms with Crippen LogP contribution in [0.4, 0.5) is 0 Å². The highest BCUT2D eigenvalue weighted by atomic mass is 79.9. The van der Waals surface area contributed by atoms with Gasteiger partial charge < -0.3 is 14.8 Å². The van der Waals surface area contributed by atoms with Crippen molar-refractivity contribution in [2.75, 3.05) is 13.7 Å². The summed E-state index contributed by atoms with van der Waals surface area (Å²) in [6.07, 6.45) is 8.60. The van der Waals surface area contributed by atoms with Gasteiger partial charge in [0.05, 0.1) is 13.7 Å². The van der Waals surface area contributed by atoms with Crippen molar-refractivity contribution in [3.63, 3.8) is 0 Å². The van der Waals surface area contributed by atoms with E-state index in [1.807, 2.05) is 13.0 Å². The van der Waals surface area contributed by atoms with Crippen LogP contribution in [0.1, 0.15) is 51.0 Å². The Bertz CT molecular complexity index is 581. The molecule has 4 aliphatic rings. The van der Waals surface area contributed by atoms with E-state index in [0.717, 1.165) is 40.3 Å². The molecule has 0 heterocycles. The number of ether oxygens (including phenoxy) is 2. The van der Waals surface area contributed by atoms with Crippen molar-refractivity contribution in [2.45, 2.75) is 57.5 Å². The van der Waals surface area contributed by atoms with E-state index in [0.29, 0.717) is 12.1 Å². The summed E-state index contributed by atoms with van der Waals surface area (Å²) in [5.41, 5.74) is 1.65. The molecule has 0 aliphatic heterocycles. The molecule has 24 heavy (non-hydrogen) atoms. The van der Waals surface area contributed by atoms with Crippen molar-refractivity contribution in [1.29, 1.82) is 0 Å². The van der Waals surface area contributed by atoms with Crippen molar-refractivity contribution < 1.29 is 9.47 Å². The first kappa shape index (κ1) is 16.7. The lowest BCUT2D eigenvalue weighted by Crippen LogP contribution is -2.58. The molecule has 0 amide bonds. The van der Waals surface area contributed by atoms with Gasteiger partial charge in [-0.1, -0.05) is 15.9 Å². The predicted octanol–water partition coefficient (Wildman–Crippen LogP) is 4.91. The molecule has 0 radical (unpaired) electrons. The normalized spacial score (nSPS) is 33.7. The Balaban J connectivity index is 1.50. The molecule has 4 aliphatic carbocycles. The molecule has 1 aromatic rings. The summed E-state index contributed by atoms with van der Waals surface area (Å²) in [6.45, 7) is 3.56. The van der Waals surface area contributed by atoms with Crippen molar-refractivity contribution in [2.24, 2.45) is 17.8 Å². The summed E-state index contributed by atoms with van der Waals surface area (Å²) in [4.78, 5) is 0. The van der Waals surface area contributed by atoms with E-state index in [4.69, 9.17) is 9.47 Å². The molecule has 0 saturated heterocycles. The third-order valence-corrected chi connectivity index (χ3v) is 7.06. The van der Waals surface area contributed by atoms with Gasteiger partial charge in [-0.05, 0) is 80.9 Å². The van der Waals surface area contributed by atoms with E-state index < -0.39 is 0 Å². The Morgan fingerprint density at radius 1 is 1.08 bits per heavy atom.